The van der Waals surface area contributed by atoms with Crippen LogP contribution >= 0.6 is 0 Å². The highest BCUT2D eigenvalue weighted by atomic mass is 16.5. The van der Waals surface area contributed by atoms with Gasteiger partial charge in [0.25, 0.3) is 5.91 Å². The Hall–Kier alpha value is -4.24. The number of para-hydroxylation sites is 1. The van der Waals surface area contributed by atoms with Crippen molar-refractivity contribution in [1.82, 2.24) is 0 Å². The van der Waals surface area contributed by atoms with Crippen LogP contribution < -0.4 is 20.3 Å². The van der Waals surface area contributed by atoms with Gasteiger partial charge in [0.1, 0.15) is 23.1 Å². The van der Waals surface area contributed by atoms with Gasteiger partial charge in [0.05, 0.1) is 0 Å². The number of nitriles is 1. The number of benzene rings is 3. The van der Waals surface area contributed by atoms with Crippen LogP contribution in [-0.4, -0.2) is 19.0 Å². The first-order valence-corrected chi connectivity index (χ1v) is 10.9. The predicted octanol–water partition coefficient (Wildman–Crippen LogP) is 6.09. The van der Waals surface area contributed by atoms with Crippen molar-refractivity contribution in [3.05, 3.63) is 90.1 Å². The topological polar surface area (TPSA) is 77.4 Å². The summed E-state index contributed by atoms with van der Waals surface area (Å²) >= 11 is 0. The fourth-order valence-corrected chi connectivity index (χ4v) is 3.32. The van der Waals surface area contributed by atoms with Crippen molar-refractivity contribution in [2.24, 2.45) is 0 Å². The van der Waals surface area contributed by atoms with Gasteiger partial charge in [-0.15, -0.1) is 0 Å². The molecule has 0 aromatic heterocycles. The summed E-state index contributed by atoms with van der Waals surface area (Å²) in [5.41, 5.74) is 3.56. The first-order valence-electron chi connectivity index (χ1n) is 10.9. The highest BCUT2D eigenvalue weighted by molar-refractivity contribution is 6.06. The summed E-state index contributed by atoms with van der Waals surface area (Å²) in [6.07, 6.45) is 1.43. The largest absolute Gasteiger partial charge is 0.457 e. The number of nitrogens with one attached hydrogen (secondary N) is 2. The average molecular weight is 441 g/mol. The van der Waals surface area contributed by atoms with Crippen molar-refractivity contribution in [2.45, 2.75) is 20.8 Å². The molecule has 3 aromatic carbocycles. The molecule has 0 spiro atoms. The van der Waals surface area contributed by atoms with Crippen molar-refractivity contribution in [3.8, 4) is 17.6 Å². The molecule has 0 aliphatic carbocycles. The van der Waals surface area contributed by atoms with E-state index in [-0.39, 0.29) is 5.57 Å². The van der Waals surface area contributed by atoms with Crippen LogP contribution in [0.1, 0.15) is 19.4 Å². The van der Waals surface area contributed by atoms with E-state index in [1.165, 1.54) is 6.20 Å². The lowest BCUT2D eigenvalue weighted by Crippen LogP contribution is -2.21. The number of aryl methyl sites for hydroxylation is 1. The molecule has 0 fully saturated rings. The highest BCUT2D eigenvalue weighted by Gasteiger charge is 2.10. The van der Waals surface area contributed by atoms with E-state index in [9.17, 15) is 10.1 Å². The molecule has 0 saturated carbocycles. The minimum atomic E-state index is -0.487. The quantitative estimate of drug-likeness (QED) is 0.311. The monoisotopic (exact) mass is 440 g/mol. The molecular formula is C27H28N4O2. The molecule has 3 aromatic rings. The maximum atomic E-state index is 12.6. The standard InChI is InChI=1S/C27H28N4O2/c1-4-31(5-2)23-13-16-26(20(3)17-23)29-19-21(18-28)27(32)30-22-11-14-25(15-12-22)33-24-9-7-6-8-10-24/h6-17,19,29H,4-5H2,1-3H3,(H,30,32)/b21-19-. The molecule has 0 aliphatic heterocycles. The normalized spacial score (nSPS) is 10.8. The van der Waals surface area contributed by atoms with Crippen molar-refractivity contribution in [3.63, 3.8) is 0 Å². The molecule has 0 saturated heterocycles. The zero-order valence-corrected chi connectivity index (χ0v) is 19.1. The second-order valence-corrected chi connectivity index (χ2v) is 7.38. The maximum Gasteiger partial charge on any atom is 0.267 e. The lowest BCUT2D eigenvalue weighted by Gasteiger charge is -2.22. The minimum absolute atomic E-state index is 0.0215. The molecule has 2 N–H and O–H groups in total. The number of carbonyl (C=O) groups is 1. The summed E-state index contributed by atoms with van der Waals surface area (Å²) in [5, 5.41) is 15.3. The van der Waals surface area contributed by atoms with E-state index in [2.05, 4.69) is 35.4 Å². The van der Waals surface area contributed by atoms with Gasteiger partial charge in [-0.2, -0.15) is 5.26 Å². The minimum Gasteiger partial charge on any atom is -0.457 e. The molecule has 1 amide bonds. The van der Waals surface area contributed by atoms with E-state index in [1.54, 1.807) is 24.3 Å². The molecular weight excluding hydrogens is 412 g/mol. The van der Waals surface area contributed by atoms with Crippen molar-refractivity contribution in [2.75, 3.05) is 28.6 Å². The Morgan fingerprint density at radius 2 is 1.67 bits per heavy atom. The Balaban J connectivity index is 1.63. The van der Waals surface area contributed by atoms with E-state index >= 15 is 0 Å². The zero-order chi connectivity index (χ0) is 23.6. The lowest BCUT2D eigenvalue weighted by molar-refractivity contribution is -0.112. The van der Waals surface area contributed by atoms with Gasteiger partial charge in [0.15, 0.2) is 0 Å². The van der Waals surface area contributed by atoms with E-state index in [0.717, 1.165) is 35.8 Å². The van der Waals surface area contributed by atoms with Gasteiger partial charge < -0.3 is 20.3 Å². The van der Waals surface area contributed by atoms with E-state index in [4.69, 9.17) is 4.74 Å². The predicted molar refractivity (Wildman–Crippen MR) is 134 cm³/mol. The third kappa shape index (κ3) is 6.37. The van der Waals surface area contributed by atoms with Crippen molar-refractivity contribution >= 4 is 23.0 Å². The fraction of sp³-hybridized carbons (Fsp3) is 0.185. The number of nitrogens with zero attached hydrogens (tertiary/aromatic N) is 2. The first-order chi connectivity index (χ1) is 16.0. The molecule has 0 aliphatic rings. The number of amides is 1. The Labute approximate surface area is 195 Å². The van der Waals surface area contributed by atoms with Crippen molar-refractivity contribution in [1.29, 1.82) is 5.26 Å². The molecule has 3 rings (SSSR count). The molecule has 33 heavy (non-hydrogen) atoms. The summed E-state index contributed by atoms with van der Waals surface area (Å²) in [5.74, 6) is 0.898. The number of ether oxygens (including phenoxy) is 1. The molecule has 0 atom stereocenters. The summed E-state index contributed by atoms with van der Waals surface area (Å²) in [6, 6.07) is 24.5. The van der Waals surface area contributed by atoms with Crippen LogP contribution in [0.2, 0.25) is 0 Å². The zero-order valence-electron chi connectivity index (χ0n) is 19.1. The van der Waals surface area contributed by atoms with Crippen LogP contribution in [0.3, 0.4) is 0 Å². The molecule has 0 bridgehead atoms. The van der Waals surface area contributed by atoms with Crippen LogP contribution in [0.4, 0.5) is 17.1 Å². The SMILES string of the molecule is CCN(CC)c1ccc(N/C=C(/C#N)C(=O)Nc2ccc(Oc3ccccc3)cc2)c(C)c1. The Morgan fingerprint density at radius 1 is 1.00 bits per heavy atom. The molecule has 0 unspecified atom stereocenters. The van der Waals surface area contributed by atoms with Crippen LogP contribution in [0.5, 0.6) is 11.5 Å². The summed E-state index contributed by atoms with van der Waals surface area (Å²) in [4.78, 5) is 14.8. The van der Waals surface area contributed by atoms with E-state index in [0.29, 0.717) is 11.4 Å². The smallest absolute Gasteiger partial charge is 0.267 e. The first kappa shape index (κ1) is 23.4. The fourth-order valence-electron chi connectivity index (χ4n) is 3.32. The number of rotatable bonds is 9. The second-order valence-electron chi connectivity index (χ2n) is 7.38. The number of hydrogen-bond acceptors (Lipinski definition) is 5. The third-order valence-electron chi connectivity index (χ3n) is 5.17. The van der Waals surface area contributed by atoms with Gasteiger partial charge >= 0.3 is 0 Å². The number of carbonyl (C=O) groups excluding carboxylic acids is 1. The molecule has 168 valence electrons. The Bertz CT molecular complexity index is 1140. The summed E-state index contributed by atoms with van der Waals surface area (Å²) < 4.78 is 5.75. The lowest BCUT2D eigenvalue weighted by atomic mass is 10.1. The summed E-state index contributed by atoms with van der Waals surface area (Å²) in [7, 11) is 0. The maximum absolute atomic E-state index is 12.6. The third-order valence-corrected chi connectivity index (χ3v) is 5.17. The average Bonchev–Trinajstić information content (AvgIpc) is 2.83. The Kier molecular flexibility index (Phi) is 8.09. The van der Waals surface area contributed by atoms with Crippen LogP contribution in [0, 0.1) is 18.3 Å². The van der Waals surface area contributed by atoms with Gasteiger partial charge in [-0.25, -0.2) is 0 Å². The van der Waals surface area contributed by atoms with Crippen LogP contribution in [0.25, 0.3) is 0 Å². The number of hydrogen-bond donors (Lipinski definition) is 2. The van der Waals surface area contributed by atoms with Crippen LogP contribution in [-0.2, 0) is 4.79 Å². The van der Waals surface area contributed by atoms with Crippen molar-refractivity contribution < 1.29 is 9.53 Å². The molecule has 6 nitrogen and oxygen atoms in total. The second kappa shape index (κ2) is 11.4. The van der Waals surface area contributed by atoms with Gasteiger partial charge in [0, 0.05) is 36.4 Å². The van der Waals surface area contributed by atoms with Gasteiger partial charge in [0.2, 0.25) is 0 Å². The number of anilines is 3. The van der Waals surface area contributed by atoms with Gasteiger partial charge in [-0.1, -0.05) is 18.2 Å². The molecule has 0 radical (unpaired) electrons. The van der Waals surface area contributed by atoms with Gasteiger partial charge in [-0.05, 0) is 80.9 Å². The molecule has 6 heteroatoms. The summed E-state index contributed by atoms with van der Waals surface area (Å²) in [6.45, 7) is 8.10. The van der Waals surface area contributed by atoms with E-state index in [1.807, 2.05) is 55.5 Å². The Morgan fingerprint density at radius 3 is 2.27 bits per heavy atom. The molecule has 0 heterocycles. The van der Waals surface area contributed by atoms with Crippen LogP contribution in [0.15, 0.2) is 84.6 Å². The van der Waals surface area contributed by atoms with Gasteiger partial charge in [-0.3, -0.25) is 4.79 Å². The highest BCUT2D eigenvalue weighted by Crippen LogP contribution is 2.24. The van der Waals surface area contributed by atoms with E-state index < -0.39 is 5.91 Å².